The summed E-state index contributed by atoms with van der Waals surface area (Å²) in [7, 11) is -3.88. The molecule has 4 rings (SSSR count). The molecule has 2 heterocycles. The van der Waals surface area contributed by atoms with Gasteiger partial charge in [0.25, 0.3) is 0 Å². The minimum absolute atomic E-state index is 0.0144. The third-order valence-electron chi connectivity index (χ3n) is 6.94. The van der Waals surface area contributed by atoms with Crippen LogP contribution in [0, 0.1) is 18.8 Å². The van der Waals surface area contributed by atoms with Crippen LogP contribution in [-0.4, -0.2) is 74.8 Å². The number of hydrogen-bond donors (Lipinski definition) is 2. The van der Waals surface area contributed by atoms with Gasteiger partial charge in [-0.05, 0) is 43.4 Å². The summed E-state index contributed by atoms with van der Waals surface area (Å²) < 4.78 is 45.1. The number of alkyl carbamates (subject to hydrolysis) is 1. The van der Waals surface area contributed by atoms with Crippen LogP contribution in [0.5, 0.6) is 0 Å². The maximum Gasteiger partial charge on any atom is 0.409 e. The second-order valence-electron chi connectivity index (χ2n) is 10.5. The molecule has 10 heteroatoms. The van der Waals surface area contributed by atoms with E-state index in [1.807, 2.05) is 51.1 Å². The molecule has 2 aromatic rings. The monoisotopic (exact) mass is 546 g/mol. The fraction of sp³-hybridized carbons (Fsp3) is 0.536. The molecule has 38 heavy (non-hydrogen) atoms. The molecule has 0 saturated carbocycles. The van der Waals surface area contributed by atoms with Crippen molar-refractivity contribution in [3.05, 3.63) is 65.7 Å². The van der Waals surface area contributed by atoms with E-state index in [-0.39, 0.29) is 42.3 Å². The number of carbonyl (C=O) groups is 1. The van der Waals surface area contributed by atoms with E-state index < -0.39 is 34.6 Å². The van der Waals surface area contributed by atoms with E-state index in [1.54, 1.807) is 24.3 Å². The normalized spacial score (nSPS) is 22.8. The van der Waals surface area contributed by atoms with Gasteiger partial charge in [0.1, 0.15) is 0 Å². The van der Waals surface area contributed by atoms with Gasteiger partial charge in [0.05, 0.1) is 35.7 Å². The first-order valence-electron chi connectivity index (χ1n) is 13.1. The summed E-state index contributed by atoms with van der Waals surface area (Å²) in [4.78, 5) is 13.1. The van der Waals surface area contributed by atoms with Crippen LogP contribution >= 0.6 is 0 Å². The smallest absolute Gasteiger partial charge is 0.409 e. The Morgan fingerprint density at radius 2 is 1.82 bits per heavy atom. The fourth-order valence-corrected chi connectivity index (χ4v) is 6.52. The first-order chi connectivity index (χ1) is 18.1. The van der Waals surface area contributed by atoms with Gasteiger partial charge in [0.2, 0.25) is 16.3 Å². The minimum atomic E-state index is -3.88. The molecule has 0 unspecified atom stereocenters. The van der Waals surface area contributed by atoms with Crippen LogP contribution in [-0.2, 0) is 30.7 Å². The van der Waals surface area contributed by atoms with E-state index in [9.17, 15) is 18.3 Å². The van der Waals surface area contributed by atoms with Gasteiger partial charge in [-0.15, -0.1) is 0 Å². The number of fused-ring (bicyclic) bond motifs is 1. The minimum Gasteiger partial charge on any atom is -0.419 e. The summed E-state index contributed by atoms with van der Waals surface area (Å²) in [5.41, 5.74) is 1.83. The molecule has 2 aromatic carbocycles. The zero-order chi connectivity index (χ0) is 27.3. The molecule has 2 saturated heterocycles. The molecule has 1 amide bonds. The van der Waals surface area contributed by atoms with Crippen molar-refractivity contribution >= 4 is 16.1 Å². The number of hydrogen-bond acceptors (Lipinski definition) is 7. The largest absolute Gasteiger partial charge is 0.419 e. The molecule has 0 spiro atoms. The second-order valence-corrected chi connectivity index (χ2v) is 12.4. The summed E-state index contributed by atoms with van der Waals surface area (Å²) in [5, 5.41) is 14.1. The first-order valence-corrected chi connectivity index (χ1v) is 14.6. The van der Waals surface area contributed by atoms with Crippen LogP contribution in [0.3, 0.4) is 0 Å². The quantitative estimate of drug-likeness (QED) is 0.445. The number of benzene rings is 2. The lowest BCUT2D eigenvalue weighted by Crippen LogP contribution is -2.51. The molecular formula is C28H38N2O7S. The predicted molar refractivity (Wildman–Crippen MR) is 142 cm³/mol. The Hall–Kier alpha value is -2.50. The van der Waals surface area contributed by atoms with Crippen LogP contribution in [0.2, 0.25) is 0 Å². The Bertz CT molecular complexity index is 1160. The molecule has 2 fully saturated rings. The summed E-state index contributed by atoms with van der Waals surface area (Å²) in [5.74, 6) is 0.00782. The molecule has 0 aliphatic carbocycles. The highest BCUT2D eigenvalue weighted by Crippen LogP contribution is 2.33. The average Bonchev–Trinajstić information content (AvgIpc) is 3.49. The molecule has 2 N–H and O–H groups in total. The maximum atomic E-state index is 13.5. The van der Waals surface area contributed by atoms with Crippen LogP contribution < -0.4 is 5.32 Å². The summed E-state index contributed by atoms with van der Waals surface area (Å²) >= 11 is 0. The Labute approximate surface area is 225 Å². The number of nitrogens with one attached hydrogen (secondary N) is 1. The molecule has 5 atom stereocenters. The number of aliphatic hydroxyl groups is 1. The van der Waals surface area contributed by atoms with Gasteiger partial charge in [-0.3, -0.25) is 0 Å². The van der Waals surface area contributed by atoms with Crippen LogP contribution in [0.1, 0.15) is 31.4 Å². The lowest BCUT2D eigenvalue weighted by atomic mass is 10.0. The van der Waals surface area contributed by atoms with Crippen LogP contribution in [0.4, 0.5) is 4.79 Å². The molecule has 2 aliphatic heterocycles. The number of rotatable bonds is 11. The van der Waals surface area contributed by atoms with Crippen molar-refractivity contribution in [2.24, 2.45) is 11.8 Å². The zero-order valence-electron chi connectivity index (χ0n) is 22.2. The Morgan fingerprint density at radius 3 is 2.50 bits per heavy atom. The molecule has 2 aliphatic rings. The number of aryl methyl sites for hydroxylation is 1. The van der Waals surface area contributed by atoms with Gasteiger partial charge in [0.15, 0.2) is 0 Å². The predicted octanol–water partition coefficient (Wildman–Crippen LogP) is 3.10. The second kappa shape index (κ2) is 12.6. The lowest BCUT2D eigenvalue weighted by Gasteiger charge is -2.31. The van der Waals surface area contributed by atoms with Gasteiger partial charge in [-0.2, -0.15) is 4.31 Å². The fourth-order valence-electron chi connectivity index (χ4n) is 4.90. The number of sulfonamides is 1. The van der Waals surface area contributed by atoms with E-state index in [0.29, 0.717) is 13.2 Å². The number of aliphatic hydroxyl groups excluding tert-OH is 1. The highest BCUT2D eigenvalue weighted by atomic mass is 32.2. The van der Waals surface area contributed by atoms with E-state index in [0.717, 1.165) is 17.5 Å². The van der Waals surface area contributed by atoms with Crippen molar-refractivity contribution < 1.29 is 32.5 Å². The maximum absolute atomic E-state index is 13.5. The van der Waals surface area contributed by atoms with Crippen molar-refractivity contribution in [1.82, 2.24) is 9.62 Å². The number of ether oxygens (including phenoxy) is 3. The van der Waals surface area contributed by atoms with Crippen LogP contribution in [0.25, 0.3) is 0 Å². The standard InChI is InChI=1S/C28H38N2O7S/c1-19(2)16-30(38(33,34)22-11-9-20(3)10-12-22)17-25(31)24(15-21-7-5-4-6-8-21)29-28(32)37-27-23-13-14-35-26(23)18-36-27/h4-12,19,23-27,31H,13-18H2,1-3H3,(H,29,32)/t23-,24+,25-,26-,27-/m1/s1. The van der Waals surface area contributed by atoms with Gasteiger partial charge < -0.3 is 24.6 Å². The SMILES string of the molecule is Cc1ccc(S(=O)(=O)N(CC(C)C)C[C@@H](O)[C@H](Cc2ccccc2)NC(=O)O[C@H]2OC[C@H]3OCC[C@@H]23)cc1. The van der Waals surface area contributed by atoms with Gasteiger partial charge in [-0.25, -0.2) is 13.2 Å². The molecule has 0 bridgehead atoms. The van der Waals surface area contributed by atoms with E-state index in [2.05, 4.69) is 5.32 Å². The lowest BCUT2D eigenvalue weighted by molar-refractivity contribution is -0.0921. The van der Waals surface area contributed by atoms with Crippen molar-refractivity contribution in [2.75, 3.05) is 26.3 Å². The molecule has 9 nitrogen and oxygen atoms in total. The summed E-state index contributed by atoms with van der Waals surface area (Å²) in [6.45, 7) is 6.74. The summed E-state index contributed by atoms with van der Waals surface area (Å²) in [6.07, 6.45) is -1.67. The molecule has 0 radical (unpaired) electrons. The zero-order valence-corrected chi connectivity index (χ0v) is 23.0. The number of carbonyl (C=O) groups excluding carboxylic acids is 1. The molecular weight excluding hydrogens is 508 g/mol. The Morgan fingerprint density at radius 1 is 1.11 bits per heavy atom. The third kappa shape index (κ3) is 7.12. The van der Waals surface area contributed by atoms with Crippen LogP contribution in [0.15, 0.2) is 59.5 Å². The van der Waals surface area contributed by atoms with Crippen molar-refractivity contribution in [1.29, 1.82) is 0 Å². The van der Waals surface area contributed by atoms with Gasteiger partial charge in [-0.1, -0.05) is 61.9 Å². The Kier molecular flexibility index (Phi) is 9.43. The van der Waals surface area contributed by atoms with E-state index in [4.69, 9.17) is 14.2 Å². The van der Waals surface area contributed by atoms with E-state index >= 15 is 0 Å². The topological polar surface area (TPSA) is 114 Å². The van der Waals surface area contributed by atoms with Crippen molar-refractivity contribution in [3.8, 4) is 0 Å². The van der Waals surface area contributed by atoms with Gasteiger partial charge >= 0.3 is 6.09 Å². The highest BCUT2D eigenvalue weighted by Gasteiger charge is 2.44. The first kappa shape index (κ1) is 28.5. The molecule has 0 aromatic heterocycles. The average molecular weight is 547 g/mol. The third-order valence-corrected chi connectivity index (χ3v) is 8.79. The number of amides is 1. The van der Waals surface area contributed by atoms with Gasteiger partial charge in [0, 0.05) is 19.7 Å². The highest BCUT2D eigenvalue weighted by molar-refractivity contribution is 7.89. The molecule has 208 valence electrons. The van der Waals surface area contributed by atoms with E-state index in [1.165, 1.54) is 4.31 Å². The van der Waals surface area contributed by atoms with Crippen molar-refractivity contribution in [3.63, 3.8) is 0 Å². The van der Waals surface area contributed by atoms with Crippen molar-refractivity contribution in [2.45, 2.75) is 63.0 Å². The Balaban J connectivity index is 1.51. The number of nitrogens with zero attached hydrogens (tertiary/aromatic N) is 1. The summed E-state index contributed by atoms with van der Waals surface area (Å²) in [6, 6.07) is 15.2.